The molecule has 0 radical (unpaired) electrons. The molecule has 0 fully saturated rings. The lowest BCUT2D eigenvalue weighted by Crippen LogP contribution is -2.28. The number of rotatable bonds is 9. The molecule has 1 rings (SSSR count). The van der Waals surface area contributed by atoms with Crippen molar-refractivity contribution in [3.63, 3.8) is 0 Å². The molecule has 0 aliphatic rings. The number of anilines is 1. The van der Waals surface area contributed by atoms with Crippen molar-refractivity contribution in [1.82, 2.24) is 10.2 Å². The van der Waals surface area contributed by atoms with Crippen molar-refractivity contribution < 1.29 is 9.47 Å². The number of hydrogen-bond acceptors (Lipinski definition) is 6. The van der Waals surface area contributed by atoms with Crippen molar-refractivity contribution in [3.8, 4) is 0 Å². The number of ether oxygens (including phenoxy) is 2. The minimum Gasteiger partial charge on any atom is -0.382 e. The Morgan fingerprint density at radius 3 is 2.40 bits per heavy atom. The molecule has 0 amide bonds. The highest BCUT2D eigenvalue weighted by molar-refractivity contribution is 5.49. The van der Waals surface area contributed by atoms with Gasteiger partial charge in [-0.15, -0.1) is 5.10 Å². The van der Waals surface area contributed by atoms with Gasteiger partial charge in [0.1, 0.15) is 0 Å². The molecule has 1 aromatic rings. The number of aromatic nitrogens is 2. The van der Waals surface area contributed by atoms with Crippen LogP contribution in [0.2, 0.25) is 0 Å². The summed E-state index contributed by atoms with van der Waals surface area (Å²) in [5.41, 5.74) is 9.16. The highest BCUT2D eigenvalue weighted by atomic mass is 16.5. The number of aryl methyl sites for hydroxylation is 1. The maximum Gasteiger partial charge on any atom is 0.153 e. The van der Waals surface area contributed by atoms with Crippen LogP contribution in [-0.2, 0) is 28.9 Å². The molecule has 1 heterocycles. The Morgan fingerprint density at radius 1 is 1.15 bits per heavy atom. The van der Waals surface area contributed by atoms with Crippen LogP contribution in [0.15, 0.2) is 0 Å². The molecule has 0 spiro atoms. The lowest BCUT2D eigenvalue weighted by molar-refractivity contribution is 0.0365. The fourth-order valence-corrected chi connectivity index (χ4v) is 2.22. The standard InChI is InChI=1S/C14H26N4O2/c1-5-11-12(7-15)14(18-17-13(11)6-2)16-8-10(20-4)9-19-3/h10H,5-9,15H2,1-4H3,(H,16,18). The van der Waals surface area contributed by atoms with E-state index in [1.807, 2.05) is 0 Å². The molecule has 0 bridgehead atoms. The summed E-state index contributed by atoms with van der Waals surface area (Å²) in [6, 6.07) is 0. The first-order valence-electron chi connectivity index (χ1n) is 7.04. The molecule has 6 nitrogen and oxygen atoms in total. The summed E-state index contributed by atoms with van der Waals surface area (Å²) >= 11 is 0. The van der Waals surface area contributed by atoms with Gasteiger partial charge in [-0.2, -0.15) is 5.10 Å². The summed E-state index contributed by atoms with van der Waals surface area (Å²) in [4.78, 5) is 0. The summed E-state index contributed by atoms with van der Waals surface area (Å²) in [5, 5.41) is 11.8. The molecule has 0 aliphatic carbocycles. The zero-order chi connectivity index (χ0) is 15.0. The topological polar surface area (TPSA) is 82.3 Å². The molecule has 0 aromatic carbocycles. The highest BCUT2D eigenvalue weighted by Crippen LogP contribution is 2.20. The van der Waals surface area contributed by atoms with Gasteiger partial charge in [-0.25, -0.2) is 0 Å². The van der Waals surface area contributed by atoms with E-state index in [0.29, 0.717) is 19.7 Å². The molecule has 0 saturated heterocycles. The normalized spacial score (nSPS) is 12.4. The first-order valence-corrected chi connectivity index (χ1v) is 7.04. The van der Waals surface area contributed by atoms with Crippen LogP contribution >= 0.6 is 0 Å². The monoisotopic (exact) mass is 282 g/mol. The van der Waals surface area contributed by atoms with E-state index in [9.17, 15) is 0 Å². The van der Waals surface area contributed by atoms with Crippen molar-refractivity contribution in [3.05, 3.63) is 16.8 Å². The van der Waals surface area contributed by atoms with Gasteiger partial charge in [0.25, 0.3) is 0 Å². The molecule has 0 saturated carbocycles. The third kappa shape index (κ3) is 4.13. The zero-order valence-corrected chi connectivity index (χ0v) is 12.9. The average Bonchev–Trinajstić information content (AvgIpc) is 2.50. The van der Waals surface area contributed by atoms with Gasteiger partial charge in [-0.1, -0.05) is 13.8 Å². The smallest absolute Gasteiger partial charge is 0.153 e. The Bertz CT molecular complexity index is 412. The van der Waals surface area contributed by atoms with Gasteiger partial charge >= 0.3 is 0 Å². The third-order valence-corrected chi connectivity index (χ3v) is 3.34. The predicted octanol–water partition coefficient (Wildman–Crippen LogP) is 1.13. The first kappa shape index (κ1) is 16.8. The maximum atomic E-state index is 5.88. The lowest BCUT2D eigenvalue weighted by Gasteiger charge is -2.18. The zero-order valence-electron chi connectivity index (χ0n) is 12.9. The van der Waals surface area contributed by atoms with Gasteiger partial charge in [-0.05, 0) is 18.4 Å². The van der Waals surface area contributed by atoms with Crippen LogP contribution in [0.3, 0.4) is 0 Å². The van der Waals surface area contributed by atoms with Gasteiger partial charge in [0.05, 0.1) is 18.4 Å². The van der Waals surface area contributed by atoms with E-state index in [1.54, 1.807) is 14.2 Å². The van der Waals surface area contributed by atoms with Crippen molar-refractivity contribution in [1.29, 1.82) is 0 Å². The predicted molar refractivity (Wildman–Crippen MR) is 79.8 cm³/mol. The maximum absolute atomic E-state index is 5.88. The number of nitrogens with one attached hydrogen (secondary N) is 1. The second kappa shape index (κ2) is 8.84. The van der Waals surface area contributed by atoms with Crippen LogP contribution in [0.5, 0.6) is 0 Å². The second-order valence-corrected chi connectivity index (χ2v) is 4.56. The summed E-state index contributed by atoms with van der Waals surface area (Å²) in [6.07, 6.45) is 1.75. The number of nitrogens with zero attached hydrogens (tertiary/aromatic N) is 2. The summed E-state index contributed by atoms with van der Waals surface area (Å²) in [5.74, 6) is 0.750. The summed E-state index contributed by atoms with van der Waals surface area (Å²) < 4.78 is 10.4. The minimum absolute atomic E-state index is 0.0247. The van der Waals surface area contributed by atoms with E-state index in [4.69, 9.17) is 15.2 Å². The van der Waals surface area contributed by atoms with Gasteiger partial charge < -0.3 is 20.5 Å². The van der Waals surface area contributed by atoms with Crippen LogP contribution < -0.4 is 11.1 Å². The van der Waals surface area contributed by atoms with E-state index in [1.165, 1.54) is 5.56 Å². The molecule has 6 heteroatoms. The molecule has 1 atom stereocenters. The molecule has 3 N–H and O–H groups in total. The SMILES string of the molecule is CCc1nnc(NCC(COC)OC)c(CN)c1CC. The molecule has 1 aromatic heterocycles. The Hall–Kier alpha value is -1.24. The summed E-state index contributed by atoms with van der Waals surface area (Å²) in [7, 11) is 3.32. The largest absolute Gasteiger partial charge is 0.382 e. The van der Waals surface area contributed by atoms with Crippen LogP contribution in [-0.4, -0.2) is 43.7 Å². The first-order chi connectivity index (χ1) is 9.71. The van der Waals surface area contributed by atoms with Gasteiger partial charge in [0.2, 0.25) is 0 Å². The highest BCUT2D eigenvalue weighted by Gasteiger charge is 2.14. The summed E-state index contributed by atoms with van der Waals surface area (Å²) in [6.45, 7) is 5.79. The Labute approximate surface area is 121 Å². The lowest BCUT2D eigenvalue weighted by atomic mass is 10.0. The van der Waals surface area contributed by atoms with Crippen molar-refractivity contribution in [2.45, 2.75) is 39.3 Å². The molecular formula is C14H26N4O2. The fraction of sp³-hybridized carbons (Fsp3) is 0.714. The van der Waals surface area contributed by atoms with Crippen LogP contribution in [0.1, 0.15) is 30.7 Å². The van der Waals surface area contributed by atoms with Crippen LogP contribution in [0, 0.1) is 0 Å². The van der Waals surface area contributed by atoms with Gasteiger partial charge in [0, 0.05) is 32.9 Å². The quantitative estimate of drug-likeness (QED) is 0.706. The fourth-order valence-electron chi connectivity index (χ4n) is 2.22. The van der Waals surface area contributed by atoms with E-state index in [2.05, 4.69) is 29.4 Å². The van der Waals surface area contributed by atoms with Crippen molar-refractivity contribution >= 4 is 5.82 Å². The van der Waals surface area contributed by atoms with E-state index in [0.717, 1.165) is 29.9 Å². The molecule has 1 unspecified atom stereocenters. The van der Waals surface area contributed by atoms with Crippen molar-refractivity contribution in [2.24, 2.45) is 5.73 Å². The molecule has 0 aliphatic heterocycles. The molecule has 114 valence electrons. The van der Waals surface area contributed by atoms with E-state index < -0.39 is 0 Å². The second-order valence-electron chi connectivity index (χ2n) is 4.56. The van der Waals surface area contributed by atoms with Crippen LogP contribution in [0.4, 0.5) is 5.82 Å². The van der Waals surface area contributed by atoms with Gasteiger partial charge in [0.15, 0.2) is 5.82 Å². The third-order valence-electron chi connectivity index (χ3n) is 3.34. The average molecular weight is 282 g/mol. The Kier molecular flexibility index (Phi) is 7.43. The van der Waals surface area contributed by atoms with Crippen molar-refractivity contribution in [2.75, 3.05) is 32.7 Å². The van der Waals surface area contributed by atoms with Crippen LogP contribution in [0.25, 0.3) is 0 Å². The molecule has 20 heavy (non-hydrogen) atoms. The van der Waals surface area contributed by atoms with E-state index >= 15 is 0 Å². The molecular weight excluding hydrogens is 256 g/mol. The minimum atomic E-state index is -0.0247. The Balaban J connectivity index is 2.89. The van der Waals surface area contributed by atoms with E-state index in [-0.39, 0.29) is 6.10 Å². The number of nitrogens with two attached hydrogens (primary N) is 1. The Morgan fingerprint density at radius 2 is 1.90 bits per heavy atom. The number of hydrogen-bond donors (Lipinski definition) is 2. The number of methoxy groups -OCH3 is 2. The van der Waals surface area contributed by atoms with Gasteiger partial charge in [-0.3, -0.25) is 0 Å².